The van der Waals surface area contributed by atoms with Crippen molar-refractivity contribution in [1.29, 1.82) is 0 Å². The highest BCUT2D eigenvalue weighted by molar-refractivity contribution is 5.76. The molecule has 0 aliphatic carbocycles. The quantitative estimate of drug-likeness (QED) is 0.0322. The van der Waals surface area contributed by atoms with Gasteiger partial charge in [0.25, 0.3) is 0 Å². The highest BCUT2D eigenvalue weighted by atomic mass is 16.5. The van der Waals surface area contributed by atoms with Crippen molar-refractivity contribution in [3.05, 3.63) is 24.3 Å². The first-order valence-corrected chi connectivity index (χ1v) is 26.1. The third kappa shape index (κ3) is 45.7. The fourth-order valence-electron chi connectivity index (χ4n) is 7.93. The summed E-state index contributed by atoms with van der Waals surface area (Å²) in [6, 6.07) is -0.579. The summed E-state index contributed by atoms with van der Waals surface area (Å²) in [6.45, 7) is 4.85. The van der Waals surface area contributed by atoms with Gasteiger partial charge in [0, 0.05) is 12.8 Å². The molecule has 6 heteroatoms. The first-order valence-electron chi connectivity index (χ1n) is 26.1. The number of allylic oxidation sites excluding steroid dienone is 4. The van der Waals surface area contributed by atoms with Crippen LogP contribution in [0, 0.1) is 0 Å². The van der Waals surface area contributed by atoms with Crippen LogP contribution in [0.15, 0.2) is 24.3 Å². The second kappa shape index (κ2) is 49.0. The van der Waals surface area contributed by atoms with Crippen LogP contribution in [0.1, 0.15) is 277 Å². The number of carbonyl (C=O) groups is 2. The average molecular weight is 832 g/mol. The molecule has 2 atom stereocenters. The normalized spacial score (nSPS) is 12.8. The molecule has 0 aromatic heterocycles. The van der Waals surface area contributed by atoms with Crippen molar-refractivity contribution < 1.29 is 24.5 Å². The summed E-state index contributed by atoms with van der Waals surface area (Å²) < 4.78 is 5.43. The molecule has 0 spiro atoms. The number of aliphatic hydroxyl groups excluding tert-OH is 2. The highest BCUT2D eigenvalue weighted by Gasteiger charge is 2.20. The lowest BCUT2D eigenvalue weighted by Gasteiger charge is -2.22. The molecular formula is C53H101NO5. The van der Waals surface area contributed by atoms with E-state index in [0.29, 0.717) is 25.9 Å². The number of nitrogens with one attached hydrogen (secondary N) is 1. The number of amides is 1. The number of esters is 1. The van der Waals surface area contributed by atoms with Gasteiger partial charge in [0.1, 0.15) is 0 Å². The molecule has 0 aliphatic heterocycles. The second-order valence-corrected chi connectivity index (χ2v) is 17.8. The first-order chi connectivity index (χ1) is 29.0. The van der Waals surface area contributed by atoms with Crippen LogP contribution < -0.4 is 5.32 Å². The first kappa shape index (κ1) is 57.3. The van der Waals surface area contributed by atoms with E-state index >= 15 is 0 Å². The Labute approximate surface area is 367 Å². The molecule has 0 rings (SSSR count). The van der Waals surface area contributed by atoms with E-state index in [9.17, 15) is 19.8 Å². The Hall–Kier alpha value is -1.66. The van der Waals surface area contributed by atoms with Gasteiger partial charge in [-0.25, -0.2) is 0 Å². The summed E-state index contributed by atoms with van der Waals surface area (Å²) in [5.41, 5.74) is 0. The van der Waals surface area contributed by atoms with Gasteiger partial charge in [-0.05, 0) is 70.6 Å². The van der Waals surface area contributed by atoms with Gasteiger partial charge in [0.15, 0.2) is 0 Å². The van der Waals surface area contributed by atoms with Crippen molar-refractivity contribution in [3.8, 4) is 0 Å². The third-order valence-electron chi connectivity index (χ3n) is 12.0. The zero-order valence-corrected chi connectivity index (χ0v) is 39.5. The van der Waals surface area contributed by atoms with E-state index in [1.54, 1.807) is 0 Å². The molecule has 3 N–H and O–H groups in total. The lowest BCUT2D eigenvalue weighted by Crippen LogP contribution is -2.45. The van der Waals surface area contributed by atoms with Crippen LogP contribution in [-0.2, 0) is 14.3 Å². The molecule has 0 saturated carbocycles. The summed E-state index contributed by atoms with van der Waals surface area (Å²) >= 11 is 0. The van der Waals surface area contributed by atoms with E-state index in [1.807, 2.05) is 0 Å². The summed E-state index contributed by atoms with van der Waals surface area (Å²) in [7, 11) is 0. The number of hydrogen-bond donors (Lipinski definition) is 3. The number of hydrogen-bond acceptors (Lipinski definition) is 5. The van der Waals surface area contributed by atoms with Crippen molar-refractivity contribution >= 4 is 11.9 Å². The monoisotopic (exact) mass is 832 g/mol. The molecule has 6 nitrogen and oxygen atoms in total. The van der Waals surface area contributed by atoms with Crippen LogP contribution in [0.3, 0.4) is 0 Å². The fraction of sp³-hybridized carbons (Fsp3) is 0.887. The Morgan fingerprint density at radius 3 is 1.25 bits per heavy atom. The van der Waals surface area contributed by atoms with E-state index in [-0.39, 0.29) is 18.5 Å². The third-order valence-corrected chi connectivity index (χ3v) is 12.0. The maximum Gasteiger partial charge on any atom is 0.305 e. The molecule has 59 heavy (non-hydrogen) atoms. The molecule has 1 amide bonds. The SMILES string of the molecule is CCCCCC/C=C\CCCCCCCC(=O)OCCCCCC/C=C\CCCC(=O)NC(CO)C(O)CCCCCCCCCCCCCCCCCCCCCC. The van der Waals surface area contributed by atoms with Crippen LogP contribution in [0.25, 0.3) is 0 Å². The standard InChI is InChI=1S/C53H101NO5/c1-3-5-7-9-11-13-15-17-18-19-20-21-22-23-25-26-29-33-37-41-45-51(56)50(49-55)54-52(57)46-42-38-34-30-28-32-36-40-44-48-59-53(58)47-43-39-35-31-27-24-16-14-12-10-8-6-4-2/h14,16,30,34,50-51,55-56H,3-13,15,17-29,31-33,35-49H2,1-2H3,(H,54,57)/b16-14-,34-30-. The Balaban J connectivity index is 3.54. The van der Waals surface area contributed by atoms with Gasteiger partial charge in [0.2, 0.25) is 5.91 Å². The zero-order chi connectivity index (χ0) is 43.0. The minimum absolute atomic E-state index is 0.0446. The summed E-state index contributed by atoms with van der Waals surface area (Å²) in [5.74, 6) is -0.139. The lowest BCUT2D eigenvalue weighted by molar-refractivity contribution is -0.143. The number of aliphatic hydroxyl groups is 2. The molecule has 0 aromatic rings. The molecule has 0 bridgehead atoms. The van der Waals surface area contributed by atoms with Crippen molar-refractivity contribution in [2.45, 2.75) is 289 Å². The second-order valence-electron chi connectivity index (χ2n) is 17.8. The van der Waals surface area contributed by atoms with Gasteiger partial charge >= 0.3 is 5.97 Å². The van der Waals surface area contributed by atoms with Gasteiger partial charge in [-0.3, -0.25) is 9.59 Å². The minimum atomic E-state index is -0.696. The highest BCUT2D eigenvalue weighted by Crippen LogP contribution is 2.16. The molecule has 0 saturated heterocycles. The van der Waals surface area contributed by atoms with Gasteiger partial charge in [-0.1, -0.05) is 218 Å². The van der Waals surface area contributed by atoms with E-state index in [1.165, 1.54) is 173 Å². The maximum atomic E-state index is 12.4. The molecule has 0 aliphatic rings. The van der Waals surface area contributed by atoms with Gasteiger partial charge in [-0.15, -0.1) is 0 Å². The van der Waals surface area contributed by atoms with Gasteiger partial charge < -0.3 is 20.3 Å². The van der Waals surface area contributed by atoms with Crippen LogP contribution in [-0.4, -0.2) is 47.4 Å². The maximum absolute atomic E-state index is 12.4. The lowest BCUT2D eigenvalue weighted by atomic mass is 10.0. The predicted molar refractivity (Wildman–Crippen MR) is 255 cm³/mol. The molecule has 0 heterocycles. The summed E-state index contributed by atoms with van der Waals surface area (Å²) in [6.07, 6.45) is 57.3. The Morgan fingerprint density at radius 1 is 0.458 bits per heavy atom. The Kier molecular flexibility index (Phi) is 47.6. The fourth-order valence-corrected chi connectivity index (χ4v) is 7.93. The molecule has 0 fully saturated rings. The molecule has 348 valence electrons. The van der Waals surface area contributed by atoms with Crippen molar-refractivity contribution in [1.82, 2.24) is 5.32 Å². The van der Waals surface area contributed by atoms with E-state index in [2.05, 4.69) is 43.5 Å². The Bertz CT molecular complexity index is 920. The molecule has 0 aromatic carbocycles. The van der Waals surface area contributed by atoms with Gasteiger partial charge in [-0.2, -0.15) is 0 Å². The van der Waals surface area contributed by atoms with E-state index < -0.39 is 12.1 Å². The smallest absolute Gasteiger partial charge is 0.305 e. The topological polar surface area (TPSA) is 95.9 Å². The van der Waals surface area contributed by atoms with Crippen LogP contribution in [0.5, 0.6) is 0 Å². The van der Waals surface area contributed by atoms with Crippen molar-refractivity contribution in [2.75, 3.05) is 13.2 Å². The summed E-state index contributed by atoms with van der Waals surface area (Å²) in [4.78, 5) is 24.4. The molecular weight excluding hydrogens is 731 g/mol. The van der Waals surface area contributed by atoms with Crippen molar-refractivity contribution in [2.24, 2.45) is 0 Å². The summed E-state index contributed by atoms with van der Waals surface area (Å²) in [5, 5.41) is 23.2. The Morgan fingerprint density at radius 2 is 0.814 bits per heavy atom. The molecule has 0 radical (unpaired) electrons. The number of carbonyl (C=O) groups excluding carboxylic acids is 2. The predicted octanol–water partition coefficient (Wildman–Crippen LogP) is 15.5. The number of rotatable bonds is 48. The van der Waals surface area contributed by atoms with Crippen LogP contribution in [0.4, 0.5) is 0 Å². The van der Waals surface area contributed by atoms with E-state index in [0.717, 1.165) is 70.6 Å². The van der Waals surface area contributed by atoms with Crippen molar-refractivity contribution in [3.63, 3.8) is 0 Å². The average Bonchev–Trinajstić information content (AvgIpc) is 3.24. The minimum Gasteiger partial charge on any atom is -0.466 e. The number of unbranched alkanes of at least 4 members (excludes halogenated alkanes) is 33. The zero-order valence-electron chi connectivity index (χ0n) is 39.5. The largest absolute Gasteiger partial charge is 0.466 e. The van der Waals surface area contributed by atoms with Gasteiger partial charge in [0.05, 0.1) is 25.4 Å². The van der Waals surface area contributed by atoms with E-state index in [4.69, 9.17) is 4.74 Å². The van der Waals surface area contributed by atoms with Crippen LogP contribution in [0.2, 0.25) is 0 Å². The molecule has 2 unspecified atom stereocenters. The van der Waals surface area contributed by atoms with Crippen LogP contribution >= 0.6 is 0 Å². The number of ether oxygens (including phenoxy) is 1.